The standard InChI is InChI=1S/C15H18N6O.ClH/c16-8-12-3-4-14(20-10-12)18-5-6-19-15(22)11-21-7-1-2-13(21)9-17;/h3-4,10,13H,1-2,5-7,11H2,(H,18,20)(H,19,22);1H/t13-;/m0./s1. The van der Waals surface area contributed by atoms with Crippen molar-refractivity contribution in [1.82, 2.24) is 15.2 Å². The van der Waals surface area contributed by atoms with Crippen molar-refractivity contribution in [2.75, 3.05) is 31.5 Å². The molecule has 2 heterocycles. The van der Waals surface area contributed by atoms with Crippen LogP contribution in [0.25, 0.3) is 0 Å². The van der Waals surface area contributed by atoms with Gasteiger partial charge in [0.2, 0.25) is 5.91 Å². The van der Waals surface area contributed by atoms with Gasteiger partial charge in [0, 0.05) is 25.8 Å². The molecule has 0 spiro atoms. The Morgan fingerprint density at radius 1 is 1.39 bits per heavy atom. The third-order valence-electron chi connectivity index (χ3n) is 3.51. The minimum absolute atomic E-state index is 0. The first-order valence-electron chi connectivity index (χ1n) is 7.23. The number of halogens is 1. The molecule has 1 aromatic rings. The SMILES string of the molecule is Cl.N#Cc1ccc(NCCNC(=O)CN2CCC[C@H]2C#N)nc1. The summed E-state index contributed by atoms with van der Waals surface area (Å²) in [5, 5.41) is 23.5. The largest absolute Gasteiger partial charge is 0.368 e. The molecule has 1 saturated heterocycles. The number of pyridine rings is 1. The first kappa shape index (κ1) is 18.7. The van der Waals surface area contributed by atoms with E-state index in [1.807, 2.05) is 11.0 Å². The van der Waals surface area contributed by atoms with Crippen molar-refractivity contribution in [3.05, 3.63) is 23.9 Å². The summed E-state index contributed by atoms with van der Waals surface area (Å²) >= 11 is 0. The number of carbonyl (C=O) groups is 1. The molecule has 2 rings (SSSR count). The van der Waals surface area contributed by atoms with Gasteiger partial charge in [-0.1, -0.05) is 0 Å². The molecule has 0 aromatic carbocycles. The molecule has 1 aliphatic rings. The van der Waals surface area contributed by atoms with Gasteiger partial charge in [-0.3, -0.25) is 9.69 Å². The molecule has 1 fully saturated rings. The third kappa shape index (κ3) is 5.74. The number of nitriles is 2. The van der Waals surface area contributed by atoms with Crippen LogP contribution in [0.5, 0.6) is 0 Å². The number of nitrogens with zero attached hydrogens (tertiary/aromatic N) is 4. The number of rotatable bonds is 6. The van der Waals surface area contributed by atoms with Crippen LogP contribution in [-0.4, -0.2) is 48.0 Å². The zero-order chi connectivity index (χ0) is 15.8. The van der Waals surface area contributed by atoms with Crippen molar-refractivity contribution in [3.63, 3.8) is 0 Å². The average Bonchev–Trinajstić information content (AvgIpc) is 2.99. The van der Waals surface area contributed by atoms with Crippen LogP contribution in [0.2, 0.25) is 0 Å². The Morgan fingerprint density at radius 2 is 2.22 bits per heavy atom. The highest BCUT2D eigenvalue weighted by molar-refractivity contribution is 5.85. The maximum Gasteiger partial charge on any atom is 0.234 e. The highest BCUT2D eigenvalue weighted by Gasteiger charge is 2.25. The monoisotopic (exact) mass is 334 g/mol. The molecule has 1 amide bonds. The number of amides is 1. The quantitative estimate of drug-likeness (QED) is 0.749. The molecule has 122 valence electrons. The molecule has 1 aromatic heterocycles. The van der Waals surface area contributed by atoms with Crippen LogP contribution < -0.4 is 10.6 Å². The lowest BCUT2D eigenvalue weighted by Crippen LogP contribution is -2.40. The van der Waals surface area contributed by atoms with Gasteiger partial charge in [0.1, 0.15) is 11.9 Å². The molecule has 0 saturated carbocycles. The van der Waals surface area contributed by atoms with Gasteiger partial charge in [-0.15, -0.1) is 12.4 Å². The summed E-state index contributed by atoms with van der Waals surface area (Å²) in [5.74, 6) is 0.592. The maximum absolute atomic E-state index is 11.8. The summed E-state index contributed by atoms with van der Waals surface area (Å²) < 4.78 is 0. The Balaban J connectivity index is 0.00000264. The summed E-state index contributed by atoms with van der Waals surface area (Å²) in [6, 6.07) is 7.50. The molecular formula is C15H19ClN6O. The van der Waals surface area contributed by atoms with Gasteiger partial charge in [0.05, 0.1) is 24.2 Å². The molecule has 1 aliphatic heterocycles. The van der Waals surface area contributed by atoms with E-state index in [1.54, 1.807) is 12.1 Å². The van der Waals surface area contributed by atoms with Crippen LogP contribution in [0.3, 0.4) is 0 Å². The number of hydrogen-bond acceptors (Lipinski definition) is 6. The molecule has 0 bridgehead atoms. The van der Waals surface area contributed by atoms with Gasteiger partial charge in [0.25, 0.3) is 0 Å². The van der Waals surface area contributed by atoms with Crippen LogP contribution in [0, 0.1) is 22.7 Å². The lowest BCUT2D eigenvalue weighted by atomic mass is 10.2. The van der Waals surface area contributed by atoms with Crippen LogP contribution in [-0.2, 0) is 4.79 Å². The third-order valence-corrected chi connectivity index (χ3v) is 3.51. The van der Waals surface area contributed by atoms with Gasteiger partial charge in [-0.05, 0) is 25.0 Å². The van der Waals surface area contributed by atoms with Crippen molar-refractivity contribution >= 4 is 24.1 Å². The van der Waals surface area contributed by atoms with E-state index >= 15 is 0 Å². The minimum atomic E-state index is -0.133. The zero-order valence-electron chi connectivity index (χ0n) is 12.7. The zero-order valence-corrected chi connectivity index (χ0v) is 13.5. The van der Waals surface area contributed by atoms with Gasteiger partial charge in [0.15, 0.2) is 0 Å². The first-order valence-corrected chi connectivity index (χ1v) is 7.23. The van der Waals surface area contributed by atoms with Gasteiger partial charge >= 0.3 is 0 Å². The van der Waals surface area contributed by atoms with E-state index in [1.165, 1.54) is 6.20 Å². The number of likely N-dealkylation sites (tertiary alicyclic amines) is 1. The molecule has 7 nitrogen and oxygen atoms in total. The van der Waals surface area contributed by atoms with Gasteiger partial charge in [-0.2, -0.15) is 10.5 Å². The molecular weight excluding hydrogens is 316 g/mol. The number of nitrogens with one attached hydrogen (secondary N) is 2. The molecule has 0 aliphatic carbocycles. The number of aromatic nitrogens is 1. The molecule has 0 radical (unpaired) electrons. The van der Waals surface area contributed by atoms with E-state index in [9.17, 15) is 4.79 Å². The van der Waals surface area contributed by atoms with Crippen LogP contribution in [0.1, 0.15) is 18.4 Å². The minimum Gasteiger partial charge on any atom is -0.368 e. The Morgan fingerprint density at radius 3 is 2.87 bits per heavy atom. The second-order valence-electron chi connectivity index (χ2n) is 5.08. The lowest BCUT2D eigenvalue weighted by Gasteiger charge is -2.18. The second-order valence-corrected chi connectivity index (χ2v) is 5.08. The highest BCUT2D eigenvalue weighted by atomic mass is 35.5. The van der Waals surface area contributed by atoms with E-state index in [-0.39, 0.29) is 30.9 Å². The van der Waals surface area contributed by atoms with Crippen molar-refractivity contribution in [2.24, 2.45) is 0 Å². The molecule has 1 atom stereocenters. The van der Waals surface area contributed by atoms with E-state index < -0.39 is 0 Å². The van der Waals surface area contributed by atoms with Gasteiger partial charge in [-0.25, -0.2) is 4.98 Å². The predicted molar refractivity (Wildman–Crippen MR) is 87.9 cm³/mol. The summed E-state index contributed by atoms with van der Waals surface area (Å²) in [7, 11) is 0. The number of anilines is 1. The predicted octanol–water partition coefficient (Wildman–Crippen LogP) is 0.891. The first-order chi connectivity index (χ1) is 10.7. The fourth-order valence-corrected chi connectivity index (χ4v) is 2.36. The van der Waals surface area contributed by atoms with Gasteiger partial charge < -0.3 is 10.6 Å². The summed E-state index contributed by atoms with van der Waals surface area (Å²) in [6.45, 7) is 2.10. The summed E-state index contributed by atoms with van der Waals surface area (Å²) in [4.78, 5) is 17.8. The van der Waals surface area contributed by atoms with Crippen LogP contribution in [0.15, 0.2) is 18.3 Å². The highest BCUT2D eigenvalue weighted by Crippen LogP contribution is 2.15. The van der Waals surface area contributed by atoms with Crippen molar-refractivity contribution < 1.29 is 4.79 Å². The number of hydrogen-bond donors (Lipinski definition) is 2. The van der Waals surface area contributed by atoms with Crippen molar-refractivity contribution in [1.29, 1.82) is 10.5 Å². The molecule has 8 heteroatoms. The average molecular weight is 335 g/mol. The topological polar surface area (TPSA) is 105 Å². The van der Waals surface area contributed by atoms with E-state index in [2.05, 4.69) is 21.7 Å². The molecule has 0 unspecified atom stereocenters. The Bertz CT molecular complexity index is 591. The lowest BCUT2D eigenvalue weighted by molar-refractivity contribution is -0.122. The molecule has 2 N–H and O–H groups in total. The second kappa shape index (κ2) is 9.62. The Hall–Kier alpha value is -2.35. The fourth-order valence-electron chi connectivity index (χ4n) is 2.36. The normalized spacial score (nSPS) is 16.7. The maximum atomic E-state index is 11.8. The molecule has 23 heavy (non-hydrogen) atoms. The van der Waals surface area contributed by atoms with Crippen LogP contribution in [0.4, 0.5) is 5.82 Å². The van der Waals surface area contributed by atoms with E-state index in [0.717, 1.165) is 19.4 Å². The van der Waals surface area contributed by atoms with Crippen LogP contribution >= 0.6 is 12.4 Å². The summed E-state index contributed by atoms with van der Waals surface area (Å²) in [6.07, 6.45) is 3.31. The van der Waals surface area contributed by atoms with Crippen molar-refractivity contribution in [2.45, 2.75) is 18.9 Å². The fraction of sp³-hybridized carbons (Fsp3) is 0.467. The number of carbonyl (C=O) groups excluding carboxylic acids is 1. The van der Waals surface area contributed by atoms with E-state index in [4.69, 9.17) is 10.5 Å². The Labute approximate surface area is 141 Å². The van der Waals surface area contributed by atoms with E-state index in [0.29, 0.717) is 24.5 Å². The smallest absolute Gasteiger partial charge is 0.234 e. The van der Waals surface area contributed by atoms with Crippen molar-refractivity contribution in [3.8, 4) is 12.1 Å². The Kier molecular flexibility index (Phi) is 7.82. The summed E-state index contributed by atoms with van der Waals surface area (Å²) in [5.41, 5.74) is 0.511.